The second-order valence-electron chi connectivity index (χ2n) is 6.56. The Kier molecular flexibility index (Phi) is 3.82. The summed E-state index contributed by atoms with van der Waals surface area (Å²) >= 11 is 0. The van der Waals surface area contributed by atoms with Gasteiger partial charge in [-0.15, -0.1) is 0 Å². The number of rotatable bonds is 2. The first-order chi connectivity index (χ1) is 10.8. The zero-order valence-electron chi connectivity index (χ0n) is 12.9. The van der Waals surface area contributed by atoms with Gasteiger partial charge in [-0.3, -0.25) is 9.59 Å². The van der Waals surface area contributed by atoms with Crippen LogP contribution in [0.25, 0.3) is 0 Å². The third-order valence-electron chi connectivity index (χ3n) is 4.61. The maximum Gasteiger partial charge on any atom is 0.270 e. The van der Waals surface area contributed by atoms with Crippen LogP contribution in [-0.4, -0.2) is 35.3 Å². The fourth-order valence-corrected chi connectivity index (χ4v) is 3.65. The van der Waals surface area contributed by atoms with E-state index in [9.17, 15) is 18.4 Å². The molecule has 2 aliphatic rings. The van der Waals surface area contributed by atoms with Crippen molar-refractivity contribution in [2.75, 3.05) is 6.54 Å². The summed E-state index contributed by atoms with van der Waals surface area (Å²) < 4.78 is 28.2. The molecule has 1 saturated heterocycles. The van der Waals surface area contributed by atoms with Crippen molar-refractivity contribution < 1.29 is 18.4 Å². The molecular formula is C16H19F2N3O2. The van der Waals surface area contributed by atoms with Crippen molar-refractivity contribution >= 4 is 11.8 Å². The Bertz CT molecular complexity index is 650. The van der Waals surface area contributed by atoms with Gasteiger partial charge in [0.15, 0.2) is 0 Å². The molecule has 1 spiro atoms. The van der Waals surface area contributed by atoms with Crippen molar-refractivity contribution in [2.45, 2.75) is 44.6 Å². The first kappa shape index (κ1) is 15.8. The van der Waals surface area contributed by atoms with Gasteiger partial charge in [-0.25, -0.2) is 13.8 Å². The third-order valence-corrected chi connectivity index (χ3v) is 4.61. The van der Waals surface area contributed by atoms with Crippen molar-refractivity contribution in [3.63, 3.8) is 0 Å². The Morgan fingerprint density at radius 3 is 2.83 bits per heavy atom. The van der Waals surface area contributed by atoms with E-state index in [1.54, 1.807) is 25.1 Å². The van der Waals surface area contributed by atoms with Crippen molar-refractivity contribution in [3.05, 3.63) is 29.6 Å². The molecule has 1 aliphatic heterocycles. The number of aromatic nitrogens is 1. The first-order valence-corrected chi connectivity index (χ1v) is 7.70. The van der Waals surface area contributed by atoms with E-state index in [-0.39, 0.29) is 18.0 Å². The summed E-state index contributed by atoms with van der Waals surface area (Å²) in [6, 6.07) is 4.25. The van der Waals surface area contributed by atoms with Crippen LogP contribution in [0, 0.1) is 12.3 Å². The van der Waals surface area contributed by atoms with Crippen LogP contribution in [0.4, 0.5) is 8.78 Å². The van der Waals surface area contributed by atoms with Crippen LogP contribution in [0.3, 0.4) is 0 Å². The molecule has 1 aromatic heterocycles. The Morgan fingerprint density at radius 2 is 2.17 bits per heavy atom. The number of nitrogens with zero attached hydrogens (tertiary/aromatic N) is 1. The number of nitrogens with one attached hydrogen (secondary N) is 2. The fourth-order valence-electron chi connectivity index (χ4n) is 3.65. The number of carbonyl (C=O) groups excluding carboxylic acids is 2. The second kappa shape index (κ2) is 5.54. The minimum Gasteiger partial charge on any atom is -0.356 e. The number of aryl methyl sites for hydroxylation is 1. The van der Waals surface area contributed by atoms with Gasteiger partial charge in [-0.1, -0.05) is 6.07 Å². The Hall–Kier alpha value is -2.05. The molecule has 124 valence electrons. The normalized spacial score (nSPS) is 29.3. The predicted octanol–water partition coefficient (Wildman–Crippen LogP) is 1.81. The van der Waals surface area contributed by atoms with Crippen LogP contribution in [0.2, 0.25) is 0 Å². The van der Waals surface area contributed by atoms with Crippen molar-refractivity contribution in [3.8, 4) is 0 Å². The fraction of sp³-hybridized carbons (Fsp3) is 0.562. The van der Waals surface area contributed by atoms with Crippen LogP contribution in [0.1, 0.15) is 41.9 Å². The van der Waals surface area contributed by atoms with E-state index in [2.05, 4.69) is 15.6 Å². The van der Waals surface area contributed by atoms with Gasteiger partial charge in [0.1, 0.15) is 5.69 Å². The van der Waals surface area contributed by atoms with Gasteiger partial charge >= 0.3 is 0 Å². The molecule has 0 bridgehead atoms. The summed E-state index contributed by atoms with van der Waals surface area (Å²) in [4.78, 5) is 28.4. The lowest BCUT2D eigenvalue weighted by atomic mass is 9.69. The minimum atomic E-state index is -2.96. The van der Waals surface area contributed by atoms with Crippen molar-refractivity contribution in [2.24, 2.45) is 5.41 Å². The predicted molar refractivity (Wildman–Crippen MR) is 79.1 cm³/mol. The SMILES string of the molecule is Cc1cccc(C(=O)N[C@@H]2CC(F)(F)CC3(CCNC3=O)C2)n1. The van der Waals surface area contributed by atoms with E-state index in [0.29, 0.717) is 18.7 Å². The highest BCUT2D eigenvalue weighted by molar-refractivity contribution is 5.92. The number of alkyl halides is 2. The number of pyridine rings is 1. The zero-order valence-corrected chi connectivity index (χ0v) is 12.9. The first-order valence-electron chi connectivity index (χ1n) is 7.70. The van der Waals surface area contributed by atoms with Crippen molar-refractivity contribution in [1.82, 2.24) is 15.6 Å². The molecule has 2 heterocycles. The Morgan fingerprint density at radius 1 is 1.39 bits per heavy atom. The monoisotopic (exact) mass is 323 g/mol. The average molecular weight is 323 g/mol. The van der Waals surface area contributed by atoms with E-state index in [1.165, 1.54) is 0 Å². The number of halogens is 2. The van der Waals surface area contributed by atoms with Crippen molar-refractivity contribution in [1.29, 1.82) is 0 Å². The molecule has 1 saturated carbocycles. The standard InChI is InChI=1S/C16H19F2N3O2/c1-10-3-2-4-12(20-10)13(22)21-11-7-15(5-6-19-14(15)23)9-16(17,18)8-11/h2-4,11H,5-9H2,1H3,(H,19,23)(H,21,22)/t11-,15?/m0/s1. The molecule has 23 heavy (non-hydrogen) atoms. The van der Waals surface area contributed by atoms with E-state index in [4.69, 9.17) is 0 Å². The lowest BCUT2D eigenvalue weighted by Gasteiger charge is -2.40. The maximum atomic E-state index is 14.1. The van der Waals surface area contributed by atoms with E-state index in [0.717, 1.165) is 0 Å². The topological polar surface area (TPSA) is 71.1 Å². The molecule has 0 aromatic carbocycles. The van der Waals surface area contributed by atoms with Crippen LogP contribution < -0.4 is 10.6 Å². The molecule has 1 unspecified atom stereocenters. The van der Waals surface area contributed by atoms with E-state index < -0.39 is 36.1 Å². The summed E-state index contributed by atoms with van der Waals surface area (Å²) in [6.45, 7) is 2.17. The molecule has 2 N–H and O–H groups in total. The van der Waals surface area contributed by atoms with E-state index >= 15 is 0 Å². The smallest absolute Gasteiger partial charge is 0.270 e. The number of hydrogen-bond acceptors (Lipinski definition) is 3. The van der Waals surface area contributed by atoms with E-state index in [1.807, 2.05) is 0 Å². The highest BCUT2D eigenvalue weighted by Crippen LogP contribution is 2.48. The molecule has 5 nitrogen and oxygen atoms in total. The maximum absolute atomic E-state index is 14.1. The molecule has 2 atom stereocenters. The van der Waals surface area contributed by atoms with Gasteiger partial charge in [-0.2, -0.15) is 0 Å². The summed E-state index contributed by atoms with van der Waals surface area (Å²) in [7, 11) is 0. The number of carbonyl (C=O) groups is 2. The van der Waals surface area contributed by atoms with Crippen LogP contribution in [0.5, 0.6) is 0 Å². The molecule has 1 aromatic rings. The van der Waals surface area contributed by atoms with Gasteiger partial charge < -0.3 is 10.6 Å². The number of amides is 2. The van der Waals surface area contributed by atoms with Gasteiger partial charge in [0, 0.05) is 31.1 Å². The zero-order chi connectivity index (χ0) is 16.7. The molecule has 0 radical (unpaired) electrons. The summed E-state index contributed by atoms with van der Waals surface area (Å²) in [6.07, 6.45) is -0.261. The second-order valence-corrected chi connectivity index (χ2v) is 6.56. The third kappa shape index (κ3) is 3.18. The molecule has 3 rings (SSSR count). The van der Waals surface area contributed by atoms with Gasteiger partial charge in [0.05, 0.1) is 5.41 Å². The lowest BCUT2D eigenvalue weighted by molar-refractivity contribution is -0.142. The lowest BCUT2D eigenvalue weighted by Crippen LogP contribution is -2.51. The molecule has 7 heteroatoms. The minimum absolute atomic E-state index is 0.198. The highest BCUT2D eigenvalue weighted by Gasteiger charge is 2.55. The van der Waals surface area contributed by atoms with Crippen LogP contribution in [0.15, 0.2) is 18.2 Å². The summed E-state index contributed by atoms with van der Waals surface area (Å²) in [5.41, 5.74) is -0.193. The Labute approximate surface area is 132 Å². The summed E-state index contributed by atoms with van der Waals surface area (Å²) in [5, 5.41) is 5.26. The van der Waals surface area contributed by atoms with Crippen LogP contribution >= 0.6 is 0 Å². The molecule has 2 fully saturated rings. The number of hydrogen-bond donors (Lipinski definition) is 2. The highest BCUT2D eigenvalue weighted by atomic mass is 19.3. The van der Waals surface area contributed by atoms with Gasteiger partial charge in [0.2, 0.25) is 5.91 Å². The van der Waals surface area contributed by atoms with Gasteiger partial charge in [0.25, 0.3) is 11.8 Å². The quantitative estimate of drug-likeness (QED) is 0.872. The van der Waals surface area contributed by atoms with Gasteiger partial charge in [-0.05, 0) is 31.9 Å². The largest absolute Gasteiger partial charge is 0.356 e. The molecule has 1 aliphatic carbocycles. The van der Waals surface area contributed by atoms with Crippen LogP contribution in [-0.2, 0) is 4.79 Å². The summed E-state index contributed by atoms with van der Waals surface area (Å²) in [5.74, 6) is -3.77. The Balaban J connectivity index is 1.77. The molecular weight excluding hydrogens is 304 g/mol. The average Bonchev–Trinajstić information content (AvgIpc) is 2.77. The molecule has 2 amide bonds.